The first-order valence-corrected chi connectivity index (χ1v) is 12.0. The third kappa shape index (κ3) is 4.80. The van der Waals surface area contributed by atoms with Gasteiger partial charge < -0.3 is 19.9 Å². The van der Waals surface area contributed by atoms with Crippen LogP contribution in [-0.2, 0) is 0 Å². The van der Waals surface area contributed by atoms with Crippen molar-refractivity contribution in [1.29, 1.82) is 0 Å². The van der Waals surface area contributed by atoms with Crippen molar-refractivity contribution in [3.8, 4) is 11.8 Å². The Balaban J connectivity index is 1.45. The van der Waals surface area contributed by atoms with Gasteiger partial charge in [-0.05, 0) is 45.0 Å². The Kier molecular flexibility index (Phi) is 6.30. The number of ether oxygens (including phenoxy) is 1. The van der Waals surface area contributed by atoms with Crippen molar-refractivity contribution in [1.82, 2.24) is 30.0 Å². The van der Waals surface area contributed by atoms with Crippen LogP contribution in [-0.4, -0.2) is 62.8 Å². The summed E-state index contributed by atoms with van der Waals surface area (Å²) in [7, 11) is 0. The monoisotopic (exact) mass is 480 g/mol. The lowest BCUT2D eigenvalue weighted by atomic mass is 10.2. The highest BCUT2D eigenvalue weighted by Gasteiger charge is 2.20. The zero-order valence-electron chi connectivity index (χ0n) is 19.7. The Morgan fingerprint density at radius 3 is 2.59 bits per heavy atom. The number of nitrogens with one attached hydrogen (secondary N) is 3. The second-order valence-corrected chi connectivity index (χ2v) is 9.06. The fraction of sp³-hybridized carbons (Fsp3) is 0.375. The van der Waals surface area contributed by atoms with Crippen LogP contribution in [0.4, 0.5) is 17.5 Å². The molecule has 1 aliphatic heterocycles. The first kappa shape index (κ1) is 22.5. The van der Waals surface area contributed by atoms with Crippen molar-refractivity contribution in [3.05, 3.63) is 46.7 Å². The van der Waals surface area contributed by atoms with Gasteiger partial charge in [-0.2, -0.15) is 15.1 Å². The van der Waals surface area contributed by atoms with Crippen LogP contribution in [0.5, 0.6) is 11.8 Å². The maximum atomic E-state index is 6.67. The third-order valence-corrected chi connectivity index (χ3v) is 6.32. The number of aromatic nitrogens is 5. The molecular weight excluding hydrogens is 452 g/mol. The van der Waals surface area contributed by atoms with Gasteiger partial charge in [-0.3, -0.25) is 10.00 Å². The van der Waals surface area contributed by atoms with E-state index in [4.69, 9.17) is 21.3 Å². The SMILES string of the molecule is CCCN1CCN(c2cc(Nc3cc(C)[nH]n3)nc(Oc3ccc4[nH]c(C)cc4c3Cl)n2)CC1. The van der Waals surface area contributed by atoms with Gasteiger partial charge in [0.15, 0.2) is 5.82 Å². The van der Waals surface area contributed by atoms with Gasteiger partial charge in [-0.1, -0.05) is 18.5 Å². The number of aryl methyl sites for hydroxylation is 2. The first-order valence-electron chi connectivity index (χ1n) is 11.6. The fourth-order valence-corrected chi connectivity index (χ4v) is 4.54. The number of rotatable bonds is 7. The zero-order valence-corrected chi connectivity index (χ0v) is 20.4. The minimum Gasteiger partial charge on any atom is -0.423 e. The van der Waals surface area contributed by atoms with Crippen molar-refractivity contribution in [2.24, 2.45) is 0 Å². The van der Waals surface area contributed by atoms with E-state index in [1.54, 1.807) is 0 Å². The topological polar surface area (TPSA) is 98.0 Å². The molecule has 4 heterocycles. The lowest BCUT2D eigenvalue weighted by Gasteiger charge is -2.35. The smallest absolute Gasteiger partial charge is 0.325 e. The van der Waals surface area contributed by atoms with E-state index in [-0.39, 0.29) is 6.01 Å². The van der Waals surface area contributed by atoms with E-state index in [1.807, 2.05) is 44.2 Å². The van der Waals surface area contributed by atoms with Crippen LogP contribution in [0.2, 0.25) is 5.02 Å². The number of benzene rings is 1. The van der Waals surface area contributed by atoms with E-state index in [9.17, 15) is 0 Å². The van der Waals surface area contributed by atoms with Crippen molar-refractivity contribution < 1.29 is 4.74 Å². The molecule has 3 aromatic heterocycles. The van der Waals surface area contributed by atoms with Crippen LogP contribution in [0.3, 0.4) is 0 Å². The molecule has 0 spiro atoms. The number of hydrogen-bond donors (Lipinski definition) is 3. The summed E-state index contributed by atoms with van der Waals surface area (Å²) in [5.74, 6) is 2.62. The van der Waals surface area contributed by atoms with Crippen LogP contribution >= 0.6 is 11.6 Å². The molecule has 0 amide bonds. The van der Waals surface area contributed by atoms with Crippen molar-refractivity contribution in [2.45, 2.75) is 27.2 Å². The molecule has 0 atom stereocenters. The number of fused-ring (bicyclic) bond motifs is 1. The summed E-state index contributed by atoms with van der Waals surface area (Å²) in [6, 6.07) is 9.88. The molecule has 1 saturated heterocycles. The number of H-pyrrole nitrogens is 2. The first-order chi connectivity index (χ1) is 16.5. The summed E-state index contributed by atoms with van der Waals surface area (Å²) in [4.78, 5) is 17.4. The molecule has 1 fully saturated rings. The molecule has 0 unspecified atom stereocenters. The van der Waals surface area contributed by atoms with Crippen LogP contribution in [0.15, 0.2) is 30.3 Å². The van der Waals surface area contributed by atoms with Crippen molar-refractivity contribution >= 4 is 40.0 Å². The van der Waals surface area contributed by atoms with Crippen molar-refractivity contribution in [2.75, 3.05) is 42.9 Å². The van der Waals surface area contributed by atoms with Gasteiger partial charge in [0.2, 0.25) is 0 Å². The van der Waals surface area contributed by atoms with E-state index in [0.717, 1.165) is 67.3 Å². The van der Waals surface area contributed by atoms with E-state index in [2.05, 4.69) is 42.2 Å². The lowest BCUT2D eigenvalue weighted by molar-refractivity contribution is 0.257. The molecule has 9 nitrogen and oxygen atoms in total. The molecule has 10 heteroatoms. The minimum atomic E-state index is 0.233. The Morgan fingerprint density at radius 2 is 1.85 bits per heavy atom. The normalized spacial score (nSPS) is 14.6. The predicted octanol–water partition coefficient (Wildman–Crippen LogP) is 5.02. The van der Waals surface area contributed by atoms with Crippen LogP contribution in [0, 0.1) is 13.8 Å². The predicted molar refractivity (Wildman–Crippen MR) is 136 cm³/mol. The Morgan fingerprint density at radius 1 is 1.03 bits per heavy atom. The van der Waals surface area contributed by atoms with Crippen LogP contribution in [0.25, 0.3) is 10.9 Å². The summed E-state index contributed by atoms with van der Waals surface area (Å²) in [5.41, 5.74) is 2.96. The Hall–Kier alpha value is -3.30. The van der Waals surface area contributed by atoms with Gasteiger partial charge in [0, 0.05) is 60.6 Å². The molecule has 0 saturated carbocycles. The van der Waals surface area contributed by atoms with Gasteiger partial charge in [-0.25, -0.2) is 0 Å². The summed E-state index contributed by atoms with van der Waals surface area (Å²) in [5, 5.41) is 11.9. The lowest BCUT2D eigenvalue weighted by Crippen LogP contribution is -2.46. The minimum absolute atomic E-state index is 0.233. The van der Waals surface area contributed by atoms with Gasteiger partial charge in [-0.15, -0.1) is 0 Å². The summed E-state index contributed by atoms with van der Waals surface area (Å²) in [6.07, 6.45) is 1.16. The quantitative estimate of drug-likeness (QED) is 0.341. The fourth-order valence-electron chi connectivity index (χ4n) is 4.28. The highest BCUT2D eigenvalue weighted by molar-refractivity contribution is 6.37. The molecule has 4 aromatic rings. The Labute approximate surface area is 203 Å². The molecule has 5 rings (SSSR count). The number of nitrogens with zero attached hydrogens (tertiary/aromatic N) is 5. The summed E-state index contributed by atoms with van der Waals surface area (Å²) in [6.45, 7) is 11.1. The van der Waals surface area contributed by atoms with E-state index >= 15 is 0 Å². The number of aromatic amines is 2. The maximum absolute atomic E-state index is 6.67. The number of hydrogen-bond acceptors (Lipinski definition) is 7. The van der Waals surface area contributed by atoms with Crippen LogP contribution < -0.4 is 15.0 Å². The molecule has 0 bridgehead atoms. The van der Waals surface area contributed by atoms with Gasteiger partial charge in [0.1, 0.15) is 17.4 Å². The third-order valence-electron chi connectivity index (χ3n) is 5.93. The molecule has 178 valence electrons. The largest absolute Gasteiger partial charge is 0.423 e. The molecule has 1 aliphatic rings. The highest BCUT2D eigenvalue weighted by atomic mass is 35.5. The summed E-state index contributed by atoms with van der Waals surface area (Å²) >= 11 is 6.67. The summed E-state index contributed by atoms with van der Waals surface area (Å²) < 4.78 is 6.13. The van der Waals surface area contributed by atoms with Crippen LogP contribution in [0.1, 0.15) is 24.7 Å². The standard InChI is InChI=1S/C24H29ClN8O/c1-4-7-32-8-10-33(11-9-32)22-14-20(27-21-13-16(3)30-31-21)28-24(29-22)34-19-6-5-18-17(23(19)25)12-15(2)26-18/h5-6,12-14,26H,4,7-11H2,1-3H3,(H2,27,28,29,30,31). The molecule has 0 aliphatic carbocycles. The van der Waals surface area contributed by atoms with Gasteiger partial charge >= 0.3 is 6.01 Å². The molecule has 3 N–H and O–H groups in total. The second kappa shape index (κ2) is 9.52. The second-order valence-electron chi connectivity index (χ2n) is 8.68. The van der Waals surface area contributed by atoms with E-state index < -0.39 is 0 Å². The van der Waals surface area contributed by atoms with Gasteiger partial charge in [0.05, 0.1) is 5.02 Å². The van der Waals surface area contributed by atoms with Crippen molar-refractivity contribution in [3.63, 3.8) is 0 Å². The Bertz CT molecular complexity index is 1290. The molecular formula is C24H29ClN8O. The molecule has 34 heavy (non-hydrogen) atoms. The van der Waals surface area contributed by atoms with E-state index in [1.165, 1.54) is 0 Å². The van der Waals surface area contributed by atoms with E-state index in [0.29, 0.717) is 22.4 Å². The number of piperazine rings is 1. The number of halogens is 1. The highest BCUT2D eigenvalue weighted by Crippen LogP contribution is 2.36. The number of anilines is 3. The average Bonchev–Trinajstić information content (AvgIpc) is 3.41. The average molecular weight is 481 g/mol. The zero-order chi connectivity index (χ0) is 23.7. The molecule has 1 aromatic carbocycles. The van der Waals surface area contributed by atoms with Gasteiger partial charge in [0.25, 0.3) is 0 Å². The molecule has 0 radical (unpaired) electrons. The maximum Gasteiger partial charge on any atom is 0.325 e.